The molecule has 0 unspecified atom stereocenters. The van der Waals surface area contributed by atoms with Crippen LogP contribution >= 0.6 is 11.6 Å². The van der Waals surface area contributed by atoms with Gasteiger partial charge in [-0.25, -0.2) is 17.5 Å². The van der Waals surface area contributed by atoms with Crippen LogP contribution in [0.1, 0.15) is 38.2 Å². The second-order valence-corrected chi connectivity index (χ2v) is 9.49. The minimum atomic E-state index is -3.90. The lowest BCUT2D eigenvalue weighted by Crippen LogP contribution is -2.42. The van der Waals surface area contributed by atoms with Crippen LogP contribution < -0.4 is 4.72 Å². The maximum Gasteiger partial charge on any atom is 0.240 e. The van der Waals surface area contributed by atoms with E-state index >= 15 is 0 Å². The van der Waals surface area contributed by atoms with Gasteiger partial charge in [-0.1, -0.05) is 23.7 Å². The third-order valence-corrected chi connectivity index (χ3v) is 6.78. The summed E-state index contributed by atoms with van der Waals surface area (Å²) in [5, 5.41) is 19.6. The van der Waals surface area contributed by atoms with Crippen molar-refractivity contribution in [2.45, 2.75) is 49.1 Å². The number of rotatable bonds is 4. The Bertz CT molecular complexity index is 1040. The van der Waals surface area contributed by atoms with Gasteiger partial charge in [-0.2, -0.15) is 5.26 Å². The number of halogens is 2. The maximum atomic E-state index is 14.7. The molecule has 1 aliphatic rings. The van der Waals surface area contributed by atoms with E-state index in [1.807, 2.05) is 6.07 Å². The Labute approximate surface area is 168 Å². The van der Waals surface area contributed by atoms with E-state index in [4.69, 9.17) is 11.6 Å². The summed E-state index contributed by atoms with van der Waals surface area (Å²) in [5.41, 5.74) is -0.0988. The molecule has 2 aromatic rings. The van der Waals surface area contributed by atoms with E-state index in [9.17, 15) is 23.2 Å². The largest absolute Gasteiger partial charge is 0.390 e. The minimum Gasteiger partial charge on any atom is -0.390 e. The highest BCUT2D eigenvalue weighted by Gasteiger charge is 2.31. The molecule has 0 aliphatic heterocycles. The molecule has 2 aromatic carbocycles. The first-order valence-electron chi connectivity index (χ1n) is 8.86. The molecule has 8 heteroatoms. The first-order chi connectivity index (χ1) is 13.1. The van der Waals surface area contributed by atoms with Gasteiger partial charge in [0.2, 0.25) is 10.0 Å². The fraction of sp³-hybridized carbons (Fsp3) is 0.350. The molecule has 0 bridgehead atoms. The highest BCUT2D eigenvalue weighted by Crippen LogP contribution is 2.31. The average Bonchev–Trinajstić information content (AvgIpc) is 2.63. The van der Waals surface area contributed by atoms with Crippen LogP contribution in [0.5, 0.6) is 0 Å². The zero-order valence-corrected chi connectivity index (χ0v) is 16.8. The van der Waals surface area contributed by atoms with Crippen LogP contribution in [0.2, 0.25) is 5.02 Å². The van der Waals surface area contributed by atoms with Crippen molar-refractivity contribution < 1.29 is 17.9 Å². The average molecular weight is 423 g/mol. The van der Waals surface area contributed by atoms with E-state index in [2.05, 4.69) is 4.72 Å². The Morgan fingerprint density at radius 1 is 1.21 bits per heavy atom. The van der Waals surface area contributed by atoms with Gasteiger partial charge in [-0.3, -0.25) is 0 Å². The molecule has 5 nitrogen and oxygen atoms in total. The lowest BCUT2D eigenvalue weighted by atomic mass is 9.84. The number of nitriles is 1. The summed E-state index contributed by atoms with van der Waals surface area (Å²) in [6.45, 7) is 1.73. The molecule has 0 amide bonds. The smallest absolute Gasteiger partial charge is 0.240 e. The Hall–Kier alpha value is -1.98. The van der Waals surface area contributed by atoms with Crippen molar-refractivity contribution in [3.05, 3.63) is 52.8 Å². The number of benzene rings is 2. The molecule has 3 rings (SSSR count). The van der Waals surface area contributed by atoms with Gasteiger partial charge < -0.3 is 5.11 Å². The summed E-state index contributed by atoms with van der Waals surface area (Å²) in [6.07, 6.45) is 2.04. The third kappa shape index (κ3) is 4.53. The summed E-state index contributed by atoms with van der Waals surface area (Å²) in [6, 6.07) is 9.78. The Morgan fingerprint density at radius 2 is 1.86 bits per heavy atom. The number of hydrogen-bond acceptors (Lipinski definition) is 4. The van der Waals surface area contributed by atoms with Gasteiger partial charge >= 0.3 is 0 Å². The quantitative estimate of drug-likeness (QED) is 0.779. The van der Waals surface area contributed by atoms with Gasteiger partial charge in [-0.15, -0.1) is 0 Å². The van der Waals surface area contributed by atoms with Crippen LogP contribution in [0.15, 0.2) is 41.3 Å². The Balaban J connectivity index is 1.85. The van der Waals surface area contributed by atoms with Crippen LogP contribution in [0.25, 0.3) is 11.1 Å². The Kier molecular flexibility index (Phi) is 5.78. The van der Waals surface area contributed by atoms with E-state index in [0.29, 0.717) is 36.3 Å². The fourth-order valence-corrected chi connectivity index (χ4v) is 4.86. The molecule has 0 saturated heterocycles. The number of nitrogens with zero attached hydrogens (tertiary/aromatic N) is 1. The molecule has 1 aliphatic carbocycles. The van der Waals surface area contributed by atoms with E-state index in [1.54, 1.807) is 13.0 Å². The van der Waals surface area contributed by atoms with Crippen molar-refractivity contribution in [1.29, 1.82) is 5.26 Å². The highest BCUT2D eigenvalue weighted by atomic mass is 35.5. The number of sulfonamides is 1. The molecule has 0 spiro atoms. The van der Waals surface area contributed by atoms with Crippen LogP contribution in [0.3, 0.4) is 0 Å². The van der Waals surface area contributed by atoms with Crippen LogP contribution in [0.4, 0.5) is 4.39 Å². The van der Waals surface area contributed by atoms with Crippen LogP contribution in [-0.2, 0) is 10.0 Å². The monoisotopic (exact) mass is 422 g/mol. The molecule has 1 saturated carbocycles. The molecule has 0 atom stereocenters. The summed E-state index contributed by atoms with van der Waals surface area (Å²) < 4.78 is 42.5. The highest BCUT2D eigenvalue weighted by molar-refractivity contribution is 7.89. The summed E-state index contributed by atoms with van der Waals surface area (Å²) in [5.74, 6) is -0.742. The second kappa shape index (κ2) is 7.80. The van der Waals surface area contributed by atoms with Crippen molar-refractivity contribution in [3.8, 4) is 17.2 Å². The number of aliphatic hydroxyl groups is 1. The van der Waals surface area contributed by atoms with E-state index in [-0.39, 0.29) is 22.1 Å². The topological polar surface area (TPSA) is 90.2 Å². The first kappa shape index (κ1) is 20.7. The van der Waals surface area contributed by atoms with Crippen LogP contribution in [0, 0.1) is 17.1 Å². The van der Waals surface area contributed by atoms with Gasteiger partial charge in [0, 0.05) is 22.2 Å². The molecule has 0 heterocycles. The minimum absolute atomic E-state index is 0.126. The lowest BCUT2D eigenvalue weighted by molar-refractivity contribution is 0.0163. The standard InChI is InChI=1S/C20H20ClFN2O3S/c1-20(25)8-6-15(7-9-20)24-28(26,27)16-3-5-18(19(22)11-16)17-4-2-14(21)10-13(17)12-23/h2-5,10-11,15,24-25H,6-9H2,1H3/t15-,20-. The van der Waals surface area contributed by atoms with Crippen molar-refractivity contribution >= 4 is 21.6 Å². The summed E-state index contributed by atoms with van der Waals surface area (Å²) in [4.78, 5) is -0.182. The van der Waals surface area contributed by atoms with Crippen molar-refractivity contribution in [2.75, 3.05) is 0 Å². The lowest BCUT2D eigenvalue weighted by Gasteiger charge is -2.33. The van der Waals surface area contributed by atoms with Crippen LogP contribution in [-0.4, -0.2) is 25.2 Å². The van der Waals surface area contributed by atoms with Gasteiger partial charge in [0.25, 0.3) is 0 Å². The molecule has 148 valence electrons. The maximum absolute atomic E-state index is 14.7. The predicted octanol–water partition coefficient (Wildman–Crippen LogP) is 3.99. The van der Waals surface area contributed by atoms with Gasteiger partial charge in [0.1, 0.15) is 5.82 Å². The molecule has 1 fully saturated rings. The Morgan fingerprint density at radius 3 is 2.46 bits per heavy atom. The SMILES string of the molecule is C[C@]1(O)CC[C@H](NS(=O)(=O)c2ccc(-c3ccc(Cl)cc3C#N)c(F)c2)CC1. The van der Waals surface area contributed by atoms with E-state index in [1.165, 1.54) is 24.3 Å². The molecule has 2 N–H and O–H groups in total. The van der Waals surface area contributed by atoms with E-state index in [0.717, 1.165) is 6.07 Å². The van der Waals surface area contributed by atoms with E-state index < -0.39 is 21.4 Å². The van der Waals surface area contributed by atoms with Gasteiger partial charge in [0.05, 0.1) is 22.1 Å². The van der Waals surface area contributed by atoms with Gasteiger partial charge in [-0.05, 0) is 56.9 Å². The number of hydrogen-bond donors (Lipinski definition) is 2. The van der Waals surface area contributed by atoms with Crippen molar-refractivity contribution in [2.24, 2.45) is 0 Å². The van der Waals surface area contributed by atoms with Crippen molar-refractivity contribution in [1.82, 2.24) is 4.72 Å². The molecule has 0 aromatic heterocycles. The fourth-order valence-electron chi connectivity index (χ4n) is 3.37. The third-order valence-electron chi connectivity index (χ3n) is 5.03. The normalized spacial score (nSPS) is 22.6. The molecule has 28 heavy (non-hydrogen) atoms. The summed E-state index contributed by atoms with van der Waals surface area (Å²) >= 11 is 5.87. The predicted molar refractivity (Wildman–Crippen MR) is 105 cm³/mol. The zero-order chi connectivity index (χ0) is 20.5. The molecular weight excluding hydrogens is 403 g/mol. The van der Waals surface area contributed by atoms with Gasteiger partial charge in [0.15, 0.2) is 0 Å². The summed E-state index contributed by atoms with van der Waals surface area (Å²) in [7, 11) is -3.90. The zero-order valence-electron chi connectivity index (χ0n) is 15.2. The van der Waals surface area contributed by atoms with Crippen molar-refractivity contribution in [3.63, 3.8) is 0 Å². The second-order valence-electron chi connectivity index (χ2n) is 7.34. The molecular formula is C20H20ClFN2O3S. The molecule has 0 radical (unpaired) electrons. The number of nitrogens with one attached hydrogen (secondary N) is 1. The first-order valence-corrected chi connectivity index (χ1v) is 10.7.